The molecule has 1 fully saturated rings. The van der Waals surface area contributed by atoms with E-state index in [0.717, 1.165) is 5.56 Å². The van der Waals surface area contributed by atoms with Gasteiger partial charge in [0.15, 0.2) is 6.23 Å². The quantitative estimate of drug-likeness (QED) is 0.612. The highest BCUT2D eigenvalue weighted by molar-refractivity contribution is 6.30. The lowest BCUT2D eigenvalue weighted by molar-refractivity contribution is -0.0254. The topological polar surface area (TPSA) is 67.9 Å². The Bertz CT molecular complexity index is 973. The van der Waals surface area contributed by atoms with E-state index in [1.165, 1.54) is 6.07 Å². The van der Waals surface area contributed by atoms with Gasteiger partial charge in [0.05, 0.1) is 16.7 Å². The highest BCUT2D eigenvalue weighted by atomic mass is 35.5. The number of nitrogens with zero attached hydrogens (tertiary/aromatic N) is 2. The normalized spacial score (nSPS) is 24.4. The van der Waals surface area contributed by atoms with Gasteiger partial charge >= 0.3 is 0 Å². The average Bonchev–Trinajstić information content (AvgIpc) is 2.60. The van der Waals surface area contributed by atoms with E-state index in [-0.39, 0.29) is 11.7 Å². The van der Waals surface area contributed by atoms with Crippen molar-refractivity contribution in [1.82, 2.24) is 4.90 Å². The first-order chi connectivity index (χ1) is 13.3. The average molecular weight is 402 g/mol. The summed E-state index contributed by atoms with van der Waals surface area (Å²) in [5, 5.41) is 0.510. The van der Waals surface area contributed by atoms with Gasteiger partial charge in [0, 0.05) is 18.0 Å². The van der Waals surface area contributed by atoms with E-state index in [1.807, 2.05) is 6.92 Å². The number of carbonyl (C=O) groups excluding carboxylic acids is 1. The van der Waals surface area contributed by atoms with E-state index < -0.39 is 17.6 Å². The van der Waals surface area contributed by atoms with Crippen LogP contribution in [0.3, 0.4) is 0 Å². The standard InChI is InChI=1S/C21H21ClFN3O2/c1-12-4-3-5-15(23)18(12)19(24)25-21(2)8-9-26-17(11-21)28-16-10-13(22)6-7-14(16)20(26)27/h3-7,10,17H,8-9,11H2,1-2H3,(H2,24,25). The molecule has 2 aliphatic heterocycles. The number of hydrogen-bond acceptors (Lipinski definition) is 3. The third-order valence-electron chi connectivity index (χ3n) is 5.42. The molecule has 0 saturated carbocycles. The van der Waals surface area contributed by atoms with Crippen molar-refractivity contribution < 1.29 is 13.9 Å². The summed E-state index contributed by atoms with van der Waals surface area (Å²) in [4.78, 5) is 19.2. The summed E-state index contributed by atoms with van der Waals surface area (Å²) in [7, 11) is 0. The Labute approximate surface area is 168 Å². The minimum atomic E-state index is -0.573. The molecule has 0 aromatic heterocycles. The van der Waals surface area contributed by atoms with Crippen molar-refractivity contribution in [3.05, 3.63) is 63.9 Å². The second-order valence-corrected chi connectivity index (χ2v) is 8.03. The number of carbonyl (C=O) groups is 1. The van der Waals surface area contributed by atoms with Gasteiger partial charge in [0.25, 0.3) is 5.91 Å². The van der Waals surface area contributed by atoms with Crippen molar-refractivity contribution in [2.24, 2.45) is 10.7 Å². The van der Waals surface area contributed by atoms with Gasteiger partial charge in [-0.25, -0.2) is 4.39 Å². The van der Waals surface area contributed by atoms with Crippen molar-refractivity contribution >= 4 is 23.3 Å². The Morgan fingerprint density at radius 3 is 2.93 bits per heavy atom. The van der Waals surface area contributed by atoms with Crippen molar-refractivity contribution in [3.8, 4) is 5.75 Å². The molecule has 2 heterocycles. The van der Waals surface area contributed by atoms with Crippen molar-refractivity contribution in [1.29, 1.82) is 0 Å². The smallest absolute Gasteiger partial charge is 0.260 e. The maximum Gasteiger partial charge on any atom is 0.260 e. The number of amides is 1. The fourth-order valence-electron chi connectivity index (χ4n) is 3.91. The molecule has 0 spiro atoms. The number of fused-ring (bicyclic) bond motifs is 2. The second-order valence-electron chi connectivity index (χ2n) is 7.59. The van der Waals surface area contributed by atoms with Crippen molar-refractivity contribution in [2.45, 2.75) is 38.5 Å². The molecule has 2 aliphatic rings. The molecule has 5 nitrogen and oxygen atoms in total. The molecular weight excluding hydrogens is 381 g/mol. The van der Waals surface area contributed by atoms with Gasteiger partial charge in [0.2, 0.25) is 0 Å². The fraction of sp³-hybridized carbons (Fsp3) is 0.333. The molecule has 0 aliphatic carbocycles. The predicted octanol–water partition coefficient (Wildman–Crippen LogP) is 3.91. The van der Waals surface area contributed by atoms with Crippen molar-refractivity contribution in [2.75, 3.05) is 6.54 Å². The molecule has 7 heteroatoms. The molecule has 2 unspecified atom stereocenters. The number of rotatable bonds is 2. The van der Waals surface area contributed by atoms with E-state index in [2.05, 4.69) is 4.99 Å². The first-order valence-electron chi connectivity index (χ1n) is 9.15. The first kappa shape index (κ1) is 18.7. The number of nitrogens with two attached hydrogens (primary N) is 1. The number of amidine groups is 1. The van der Waals surface area contributed by atoms with Gasteiger partial charge in [-0.05, 0) is 50.1 Å². The van der Waals surface area contributed by atoms with Gasteiger partial charge in [-0.2, -0.15) is 0 Å². The Kier molecular flexibility index (Phi) is 4.54. The zero-order chi connectivity index (χ0) is 20.1. The van der Waals surface area contributed by atoms with E-state index in [0.29, 0.717) is 41.3 Å². The summed E-state index contributed by atoms with van der Waals surface area (Å²) in [5.74, 6) is 0.170. The third kappa shape index (κ3) is 3.22. The van der Waals surface area contributed by atoms with Crippen LogP contribution in [0.5, 0.6) is 5.75 Å². The van der Waals surface area contributed by atoms with Gasteiger partial charge in [-0.15, -0.1) is 0 Å². The molecule has 28 heavy (non-hydrogen) atoms. The van der Waals surface area contributed by atoms with E-state index >= 15 is 0 Å². The molecule has 1 amide bonds. The Morgan fingerprint density at radius 2 is 2.18 bits per heavy atom. The molecular formula is C21H21ClFN3O2. The van der Waals surface area contributed by atoms with Crippen LogP contribution < -0.4 is 10.5 Å². The van der Waals surface area contributed by atoms with Crippen LogP contribution in [0.4, 0.5) is 4.39 Å². The Morgan fingerprint density at radius 1 is 1.39 bits per heavy atom. The maximum absolute atomic E-state index is 14.3. The van der Waals surface area contributed by atoms with Crippen LogP contribution in [0.2, 0.25) is 5.02 Å². The third-order valence-corrected chi connectivity index (χ3v) is 5.65. The van der Waals surface area contributed by atoms with E-state index in [9.17, 15) is 9.18 Å². The van der Waals surface area contributed by atoms with Crippen LogP contribution in [0.15, 0.2) is 41.4 Å². The molecule has 2 N–H and O–H groups in total. The molecule has 4 rings (SSSR count). The number of benzene rings is 2. The van der Waals surface area contributed by atoms with Gasteiger partial charge in [-0.3, -0.25) is 9.79 Å². The predicted molar refractivity (Wildman–Crippen MR) is 106 cm³/mol. The highest BCUT2D eigenvalue weighted by Gasteiger charge is 2.43. The van der Waals surface area contributed by atoms with Crippen LogP contribution in [0.1, 0.15) is 41.3 Å². The lowest BCUT2D eigenvalue weighted by Gasteiger charge is -2.45. The Hall–Kier alpha value is -2.60. The van der Waals surface area contributed by atoms with Crippen LogP contribution in [-0.4, -0.2) is 35.0 Å². The highest BCUT2D eigenvalue weighted by Crippen LogP contribution is 2.38. The number of hydrogen-bond donors (Lipinski definition) is 1. The summed E-state index contributed by atoms with van der Waals surface area (Å²) in [5.41, 5.74) is 7.17. The summed E-state index contributed by atoms with van der Waals surface area (Å²) >= 11 is 6.04. The molecule has 146 valence electrons. The maximum atomic E-state index is 14.3. The lowest BCUT2D eigenvalue weighted by atomic mass is 9.87. The zero-order valence-electron chi connectivity index (χ0n) is 15.7. The molecule has 1 saturated heterocycles. The van der Waals surface area contributed by atoms with Gasteiger partial charge in [-0.1, -0.05) is 23.7 Å². The number of halogens is 2. The minimum absolute atomic E-state index is 0.0770. The second kappa shape index (κ2) is 6.78. The van der Waals surface area contributed by atoms with E-state index in [4.69, 9.17) is 22.1 Å². The minimum Gasteiger partial charge on any atom is -0.469 e. The van der Waals surface area contributed by atoms with Crippen molar-refractivity contribution in [3.63, 3.8) is 0 Å². The van der Waals surface area contributed by atoms with Crippen LogP contribution in [0.25, 0.3) is 0 Å². The number of aliphatic imine (C=N–C) groups is 1. The SMILES string of the molecule is Cc1cccc(F)c1C(N)=NC1(C)CCN2C(=O)c3ccc(Cl)cc3OC2C1. The summed E-state index contributed by atoms with van der Waals surface area (Å²) in [6, 6.07) is 9.83. The van der Waals surface area contributed by atoms with Crippen LogP contribution >= 0.6 is 11.6 Å². The van der Waals surface area contributed by atoms with Crippen LogP contribution in [-0.2, 0) is 0 Å². The Balaban J connectivity index is 1.63. The zero-order valence-corrected chi connectivity index (χ0v) is 16.5. The largest absolute Gasteiger partial charge is 0.469 e. The number of aryl methyl sites for hydroxylation is 1. The summed E-state index contributed by atoms with van der Waals surface area (Å²) in [6.45, 7) is 4.24. The molecule has 0 radical (unpaired) electrons. The molecule has 2 aromatic carbocycles. The molecule has 0 bridgehead atoms. The number of ether oxygens (including phenoxy) is 1. The van der Waals surface area contributed by atoms with E-state index in [1.54, 1.807) is 42.2 Å². The summed E-state index contributed by atoms with van der Waals surface area (Å²) < 4.78 is 20.3. The number of piperidine rings is 1. The summed E-state index contributed by atoms with van der Waals surface area (Å²) in [6.07, 6.45) is 0.602. The van der Waals surface area contributed by atoms with Gasteiger partial charge in [0.1, 0.15) is 17.4 Å². The van der Waals surface area contributed by atoms with Crippen LogP contribution in [0, 0.1) is 12.7 Å². The molecule has 2 atom stereocenters. The van der Waals surface area contributed by atoms with Gasteiger partial charge < -0.3 is 15.4 Å². The fourth-order valence-corrected chi connectivity index (χ4v) is 4.07. The first-order valence-corrected chi connectivity index (χ1v) is 9.53. The molecule has 2 aromatic rings. The lowest BCUT2D eigenvalue weighted by Crippen LogP contribution is -2.56. The monoisotopic (exact) mass is 401 g/mol.